The highest BCUT2D eigenvalue weighted by Crippen LogP contribution is 2.08. The number of hydrogen-bond donors (Lipinski definition) is 1. The highest BCUT2D eigenvalue weighted by molar-refractivity contribution is 5.87. The van der Waals surface area contributed by atoms with Gasteiger partial charge in [0.15, 0.2) is 0 Å². The maximum absolute atomic E-state index is 11.9. The third-order valence-electron chi connectivity index (χ3n) is 1.43. The normalized spacial score (nSPS) is 10.4. The van der Waals surface area contributed by atoms with Crippen LogP contribution in [-0.2, 0) is 6.42 Å². The lowest BCUT2D eigenvalue weighted by atomic mass is 10.1. The molecule has 0 aliphatic carbocycles. The molecule has 1 N–H and O–H groups in total. The van der Waals surface area contributed by atoms with E-state index in [1.807, 2.05) is 0 Å². The molecule has 0 atom stereocenters. The van der Waals surface area contributed by atoms with E-state index in [9.17, 15) is 13.6 Å². The summed E-state index contributed by atoms with van der Waals surface area (Å²) in [5.41, 5.74) is 0.160. The third-order valence-corrected chi connectivity index (χ3v) is 1.43. The number of carboxylic acids is 1. The van der Waals surface area contributed by atoms with Gasteiger partial charge < -0.3 is 5.11 Å². The van der Waals surface area contributed by atoms with Gasteiger partial charge in [-0.05, 0) is 11.6 Å². The average molecular weight is 187 g/mol. The minimum absolute atomic E-state index is 0.0712. The molecule has 0 saturated heterocycles. The van der Waals surface area contributed by atoms with Crippen LogP contribution in [0.1, 0.15) is 15.9 Å². The summed E-state index contributed by atoms with van der Waals surface area (Å²) in [7, 11) is 0. The molecule has 0 saturated carbocycles. The van der Waals surface area contributed by atoms with Crippen LogP contribution in [0.3, 0.4) is 0 Å². The van der Waals surface area contributed by atoms with Crippen LogP contribution in [0.5, 0.6) is 0 Å². The topological polar surface area (TPSA) is 50.2 Å². The second-order valence-corrected chi connectivity index (χ2v) is 2.48. The Bertz CT molecular complexity index is 315. The number of pyridine rings is 1. The molecule has 0 radical (unpaired) electrons. The van der Waals surface area contributed by atoms with E-state index >= 15 is 0 Å². The largest absolute Gasteiger partial charge is 0.478 e. The molecule has 13 heavy (non-hydrogen) atoms. The smallest absolute Gasteiger partial charge is 0.337 e. The fraction of sp³-hybridized carbons (Fsp3) is 0.250. The molecule has 1 heterocycles. The van der Waals surface area contributed by atoms with Crippen molar-refractivity contribution in [3.8, 4) is 0 Å². The van der Waals surface area contributed by atoms with Gasteiger partial charge in [0.25, 0.3) is 0 Å². The molecule has 0 aliphatic rings. The molecule has 0 amide bonds. The summed E-state index contributed by atoms with van der Waals surface area (Å²) in [6.45, 7) is 0. The first-order chi connectivity index (χ1) is 6.09. The second-order valence-electron chi connectivity index (χ2n) is 2.48. The van der Waals surface area contributed by atoms with Crippen molar-refractivity contribution in [2.24, 2.45) is 0 Å². The Kier molecular flexibility index (Phi) is 2.89. The summed E-state index contributed by atoms with van der Waals surface area (Å²) in [5, 5.41) is 8.52. The van der Waals surface area contributed by atoms with Gasteiger partial charge >= 0.3 is 5.97 Å². The van der Waals surface area contributed by atoms with E-state index in [0.29, 0.717) is 0 Å². The molecule has 0 aromatic carbocycles. The van der Waals surface area contributed by atoms with Crippen LogP contribution in [0, 0.1) is 0 Å². The van der Waals surface area contributed by atoms with Crippen molar-refractivity contribution >= 4 is 5.97 Å². The van der Waals surface area contributed by atoms with E-state index in [1.165, 1.54) is 12.3 Å². The van der Waals surface area contributed by atoms with Crippen molar-refractivity contribution in [3.63, 3.8) is 0 Å². The molecule has 70 valence electrons. The van der Waals surface area contributed by atoms with Crippen molar-refractivity contribution in [3.05, 3.63) is 29.6 Å². The Balaban J connectivity index is 2.85. The summed E-state index contributed by atoms with van der Waals surface area (Å²) < 4.78 is 23.8. The Morgan fingerprint density at radius 2 is 2.23 bits per heavy atom. The van der Waals surface area contributed by atoms with E-state index in [4.69, 9.17) is 5.11 Å². The van der Waals surface area contributed by atoms with Crippen molar-refractivity contribution in [1.29, 1.82) is 0 Å². The van der Waals surface area contributed by atoms with E-state index in [0.717, 1.165) is 6.20 Å². The average Bonchev–Trinajstić information content (AvgIpc) is 2.03. The van der Waals surface area contributed by atoms with Crippen LogP contribution in [0.4, 0.5) is 8.78 Å². The predicted molar refractivity (Wildman–Crippen MR) is 40.9 cm³/mol. The van der Waals surface area contributed by atoms with Crippen LogP contribution >= 0.6 is 0 Å². The third kappa shape index (κ3) is 2.77. The zero-order chi connectivity index (χ0) is 9.84. The van der Waals surface area contributed by atoms with E-state index < -0.39 is 18.8 Å². The Morgan fingerprint density at radius 1 is 1.54 bits per heavy atom. The second kappa shape index (κ2) is 3.93. The van der Waals surface area contributed by atoms with E-state index in [-0.39, 0.29) is 11.1 Å². The molecular weight excluding hydrogens is 180 g/mol. The number of halogens is 2. The minimum Gasteiger partial charge on any atom is -0.478 e. The standard InChI is InChI=1S/C8H7F2NO2/c9-7(10)2-5-1-6(8(12)13)4-11-3-5/h1,3-4,7H,2H2,(H,12,13). The maximum atomic E-state index is 11.9. The number of carboxylic acid groups (broad SMARTS) is 1. The number of nitrogens with zero attached hydrogens (tertiary/aromatic N) is 1. The highest BCUT2D eigenvalue weighted by atomic mass is 19.3. The number of alkyl halides is 2. The first kappa shape index (κ1) is 9.57. The summed E-state index contributed by atoms with van der Waals surface area (Å²) >= 11 is 0. The molecule has 1 rings (SSSR count). The molecule has 0 bridgehead atoms. The summed E-state index contributed by atoms with van der Waals surface area (Å²) in [4.78, 5) is 14.0. The summed E-state index contributed by atoms with van der Waals surface area (Å²) in [6.07, 6.45) is -0.588. The Labute approximate surface area is 73.0 Å². The van der Waals surface area contributed by atoms with E-state index in [1.54, 1.807) is 0 Å². The SMILES string of the molecule is O=C(O)c1cncc(CC(F)F)c1. The molecule has 5 heteroatoms. The zero-order valence-corrected chi connectivity index (χ0v) is 6.58. The maximum Gasteiger partial charge on any atom is 0.337 e. The fourth-order valence-corrected chi connectivity index (χ4v) is 0.894. The lowest BCUT2D eigenvalue weighted by Gasteiger charge is -2.00. The van der Waals surface area contributed by atoms with Gasteiger partial charge in [0.1, 0.15) is 0 Å². The molecule has 1 aromatic rings. The molecule has 0 unspecified atom stereocenters. The summed E-state index contributed by atoms with van der Waals surface area (Å²) in [6, 6.07) is 1.20. The monoisotopic (exact) mass is 187 g/mol. The minimum atomic E-state index is -2.48. The molecular formula is C8H7F2NO2. The number of aromatic nitrogens is 1. The Morgan fingerprint density at radius 3 is 2.77 bits per heavy atom. The number of aromatic carboxylic acids is 1. The van der Waals surface area contributed by atoms with Crippen molar-refractivity contribution < 1.29 is 18.7 Å². The van der Waals surface area contributed by atoms with Crippen molar-refractivity contribution in [1.82, 2.24) is 4.98 Å². The molecule has 0 spiro atoms. The number of hydrogen-bond acceptors (Lipinski definition) is 2. The van der Waals surface area contributed by atoms with Crippen LogP contribution < -0.4 is 0 Å². The van der Waals surface area contributed by atoms with Gasteiger partial charge in [0.05, 0.1) is 5.56 Å². The van der Waals surface area contributed by atoms with Crippen LogP contribution in [0.25, 0.3) is 0 Å². The van der Waals surface area contributed by atoms with Crippen LogP contribution in [0.2, 0.25) is 0 Å². The van der Waals surface area contributed by atoms with Gasteiger partial charge in [-0.3, -0.25) is 4.98 Å². The van der Waals surface area contributed by atoms with E-state index in [2.05, 4.69) is 4.98 Å². The molecule has 1 aromatic heterocycles. The quantitative estimate of drug-likeness (QED) is 0.781. The van der Waals surface area contributed by atoms with Crippen LogP contribution in [0.15, 0.2) is 18.5 Å². The van der Waals surface area contributed by atoms with Crippen molar-refractivity contribution in [2.45, 2.75) is 12.8 Å². The van der Waals surface area contributed by atoms with Gasteiger partial charge in [0, 0.05) is 18.8 Å². The Hall–Kier alpha value is -1.52. The summed E-state index contributed by atoms with van der Waals surface area (Å²) in [5.74, 6) is -1.16. The number of rotatable bonds is 3. The molecule has 0 fully saturated rings. The van der Waals surface area contributed by atoms with Gasteiger partial charge in [0.2, 0.25) is 6.43 Å². The van der Waals surface area contributed by atoms with Crippen LogP contribution in [-0.4, -0.2) is 22.5 Å². The molecule has 3 nitrogen and oxygen atoms in total. The van der Waals surface area contributed by atoms with Gasteiger partial charge in [-0.1, -0.05) is 0 Å². The van der Waals surface area contributed by atoms with Crippen molar-refractivity contribution in [2.75, 3.05) is 0 Å². The lowest BCUT2D eigenvalue weighted by molar-refractivity contribution is 0.0696. The van der Waals surface area contributed by atoms with Gasteiger partial charge in [-0.25, -0.2) is 13.6 Å². The highest BCUT2D eigenvalue weighted by Gasteiger charge is 2.08. The first-order valence-electron chi connectivity index (χ1n) is 3.55. The number of carbonyl (C=O) groups is 1. The molecule has 0 aliphatic heterocycles. The zero-order valence-electron chi connectivity index (χ0n) is 6.58. The first-order valence-corrected chi connectivity index (χ1v) is 3.55. The predicted octanol–water partition coefficient (Wildman–Crippen LogP) is 1.59. The van der Waals surface area contributed by atoms with Gasteiger partial charge in [-0.15, -0.1) is 0 Å². The fourth-order valence-electron chi connectivity index (χ4n) is 0.894. The van der Waals surface area contributed by atoms with Gasteiger partial charge in [-0.2, -0.15) is 0 Å². The lowest BCUT2D eigenvalue weighted by Crippen LogP contribution is -2.02.